The lowest BCUT2D eigenvalue weighted by molar-refractivity contribution is 0.249. The SMILES string of the molecule is CC1(C)CCCC1CNCCCN1CCCC1. The van der Waals surface area contributed by atoms with Crippen LogP contribution < -0.4 is 5.32 Å². The van der Waals surface area contributed by atoms with E-state index in [0.29, 0.717) is 5.41 Å². The van der Waals surface area contributed by atoms with Crippen LogP contribution in [0.15, 0.2) is 0 Å². The lowest BCUT2D eigenvalue weighted by Gasteiger charge is -2.27. The van der Waals surface area contributed by atoms with E-state index in [2.05, 4.69) is 24.1 Å². The second-order valence-corrected chi connectivity index (χ2v) is 6.68. The Morgan fingerprint density at radius 2 is 1.94 bits per heavy atom. The van der Waals surface area contributed by atoms with E-state index in [1.54, 1.807) is 0 Å². The Labute approximate surface area is 107 Å². The van der Waals surface area contributed by atoms with Gasteiger partial charge in [0.1, 0.15) is 0 Å². The van der Waals surface area contributed by atoms with Gasteiger partial charge in [0.15, 0.2) is 0 Å². The van der Waals surface area contributed by atoms with Crippen molar-refractivity contribution >= 4 is 0 Å². The summed E-state index contributed by atoms with van der Waals surface area (Å²) in [6.07, 6.45) is 8.47. The van der Waals surface area contributed by atoms with Crippen molar-refractivity contribution in [1.29, 1.82) is 0 Å². The van der Waals surface area contributed by atoms with Crippen LogP contribution in [0.2, 0.25) is 0 Å². The van der Waals surface area contributed by atoms with Crippen molar-refractivity contribution in [3.05, 3.63) is 0 Å². The number of nitrogens with zero attached hydrogens (tertiary/aromatic N) is 1. The average Bonchev–Trinajstić information content (AvgIpc) is 2.88. The Kier molecular flexibility index (Phi) is 4.87. The van der Waals surface area contributed by atoms with E-state index < -0.39 is 0 Å². The molecule has 0 amide bonds. The summed E-state index contributed by atoms with van der Waals surface area (Å²) in [5.74, 6) is 0.911. The molecule has 0 aromatic carbocycles. The molecular formula is C15H30N2. The minimum atomic E-state index is 0.585. The lowest BCUT2D eigenvalue weighted by atomic mass is 9.82. The van der Waals surface area contributed by atoms with Crippen molar-refractivity contribution in [1.82, 2.24) is 10.2 Å². The van der Waals surface area contributed by atoms with Crippen LogP contribution in [0.1, 0.15) is 52.4 Å². The Balaban J connectivity index is 1.51. The Bertz CT molecular complexity index is 219. The first kappa shape index (κ1) is 13.4. The molecule has 0 aromatic heterocycles. The second kappa shape index (κ2) is 6.19. The molecule has 2 nitrogen and oxygen atoms in total. The fraction of sp³-hybridized carbons (Fsp3) is 1.00. The van der Waals surface area contributed by atoms with E-state index in [4.69, 9.17) is 0 Å². The van der Waals surface area contributed by atoms with Crippen LogP contribution in [0, 0.1) is 11.3 Å². The molecule has 2 fully saturated rings. The standard InChI is InChI=1S/C15H30N2/c1-15(2)8-5-7-14(15)13-16-9-6-12-17-10-3-4-11-17/h14,16H,3-13H2,1-2H3. The van der Waals surface area contributed by atoms with E-state index in [1.807, 2.05) is 0 Å². The van der Waals surface area contributed by atoms with E-state index in [9.17, 15) is 0 Å². The average molecular weight is 238 g/mol. The van der Waals surface area contributed by atoms with Gasteiger partial charge >= 0.3 is 0 Å². The topological polar surface area (TPSA) is 15.3 Å². The Hall–Kier alpha value is -0.0800. The molecule has 0 radical (unpaired) electrons. The predicted octanol–water partition coefficient (Wildman–Crippen LogP) is 2.89. The predicted molar refractivity (Wildman–Crippen MR) is 74.3 cm³/mol. The van der Waals surface area contributed by atoms with Crippen molar-refractivity contribution in [2.45, 2.75) is 52.4 Å². The van der Waals surface area contributed by atoms with Gasteiger partial charge < -0.3 is 10.2 Å². The minimum Gasteiger partial charge on any atom is -0.316 e. The first-order valence-corrected chi connectivity index (χ1v) is 7.61. The fourth-order valence-electron chi connectivity index (χ4n) is 3.49. The summed E-state index contributed by atoms with van der Waals surface area (Å²) >= 11 is 0. The van der Waals surface area contributed by atoms with Crippen molar-refractivity contribution in [3.63, 3.8) is 0 Å². The van der Waals surface area contributed by atoms with Crippen LogP contribution in [0.4, 0.5) is 0 Å². The van der Waals surface area contributed by atoms with Gasteiger partial charge in [-0.25, -0.2) is 0 Å². The normalized spacial score (nSPS) is 28.9. The zero-order chi connectivity index (χ0) is 12.1. The molecule has 0 spiro atoms. The van der Waals surface area contributed by atoms with Crippen molar-refractivity contribution in [2.75, 3.05) is 32.7 Å². The van der Waals surface area contributed by atoms with Gasteiger partial charge in [0.05, 0.1) is 0 Å². The molecule has 1 N–H and O–H groups in total. The van der Waals surface area contributed by atoms with Gasteiger partial charge in [-0.2, -0.15) is 0 Å². The molecule has 1 atom stereocenters. The number of hydrogen-bond donors (Lipinski definition) is 1. The van der Waals surface area contributed by atoms with Gasteiger partial charge in [0.2, 0.25) is 0 Å². The minimum absolute atomic E-state index is 0.585. The monoisotopic (exact) mass is 238 g/mol. The van der Waals surface area contributed by atoms with Crippen molar-refractivity contribution < 1.29 is 0 Å². The van der Waals surface area contributed by atoms with Gasteiger partial charge in [0, 0.05) is 0 Å². The smallest absolute Gasteiger partial charge is 0.000664 e. The van der Waals surface area contributed by atoms with E-state index >= 15 is 0 Å². The van der Waals surface area contributed by atoms with Crippen LogP contribution in [-0.2, 0) is 0 Å². The quantitative estimate of drug-likeness (QED) is 0.716. The summed E-state index contributed by atoms with van der Waals surface area (Å²) in [5.41, 5.74) is 0.585. The summed E-state index contributed by atoms with van der Waals surface area (Å²) in [4.78, 5) is 2.61. The highest BCUT2D eigenvalue weighted by atomic mass is 15.1. The number of rotatable bonds is 6. The molecule has 2 heteroatoms. The summed E-state index contributed by atoms with van der Waals surface area (Å²) in [6, 6.07) is 0. The molecule has 1 saturated carbocycles. The molecule has 0 bridgehead atoms. The largest absolute Gasteiger partial charge is 0.316 e. The lowest BCUT2D eigenvalue weighted by Crippen LogP contribution is -2.31. The molecule has 1 unspecified atom stereocenters. The molecule has 1 aliphatic carbocycles. The maximum atomic E-state index is 3.68. The maximum Gasteiger partial charge on any atom is -0.000664 e. The molecule has 1 aliphatic heterocycles. The molecule has 17 heavy (non-hydrogen) atoms. The van der Waals surface area contributed by atoms with Crippen molar-refractivity contribution in [3.8, 4) is 0 Å². The summed E-state index contributed by atoms with van der Waals surface area (Å²) in [7, 11) is 0. The van der Waals surface area contributed by atoms with Gasteiger partial charge in [0.25, 0.3) is 0 Å². The van der Waals surface area contributed by atoms with E-state index in [0.717, 1.165) is 5.92 Å². The highest BCUT2D eigenvalue weighted by Gasteiger charge is 2.33. The first-order chi connectivity index (χ1) is 8.18. The fourth-order valence-corrected chi connectivity index (χ4v) is 3.49. The number of likely N-dealkylation sites (tertiary alicyclic amines) is 1. The first-order valence-electron chi connectivity index (χ1n) is 7.61. The highest BCUT2D eigenvalue weighted by molar-refractivity contribution is 4.85. The van der Waals surface area contributed by atoms with Crippen LogP contribution in [0.25, 0.3) is 0 Å². The van der Waals surface area contributed by atoms with Gasteiger partial charge in [-0.05, 0) is 76.2 Å². The van der Waals surface area contributed by atoms with Crippen LogP contribution in [0.3, 0.4) is 0 Å². The van der Waals surface area contributed by atoms with Crippen LogP contribution in [0.5, 0.6) is 0 Å². The highest BCUT2D eigenvalue weighted by Crippen LogP contribution is 2.41. The summed E-state index contributed by atoms with van der Waals surface area (Å²) in [5, 5.41) is 3.68. The Morgan fingerprint density at radius 3 is 2.59 bits per heavy atom. The third-order valence-electron chi connectivity index (χ3n) is 4.90. The molecule has 1 saturated heterocycles. The molecule has 100 valence electrons. The van der Waals surface area contributed by atoms with Crippen molar-refractivity contribution in [2.24, 2.45) is 11.3 Å². The summed E-state index contributed by atoms with van der Waals surface area (Å²) < 4.78 is 0. The van der Waals surface area contributed by atoms with Gasteiger partial charge in [-0.15, -0.1) is 0 Å². The molecule has 2 rings (SSSR count). The zero-order valence-corrected chi connectivity index (χ0v) is 11.8. The molecule has 1 heterocycles. The molecular weight excluding hydrogens is 208 g/mol. The Morgan fingerprint density at radius 1 is 1.18 bits per heavy atom. The van der Waals surface area contributed by atoms with Gasteiger partial charge in [-0.3, -0.25) is 0 Å². The van der Waals surface area contributed by atoms with Crippen LogP contribution >= 0.6 is 0 Å². The second-order valence-electron chi connectivity index (χ2n) is 6.68. The number of nitrogens with one attached hydrogen (secondary N) is 1. The van der Waals surface area contributed by atoms with E-state index in [-0.39, 0.29) is 0 Å². The third kappa shape index (κ3) is 3.96. The van der Waals surface area contributed by atoms with Gasteiger partial charge in [-0.1, -0.05) is 20.3 Å². The van der Waals surface area contributed by atoms with E-state index in [1.165, 1.54) is 71.2 Å². The maximum absolute atomic E-state index is 3.68. The van der Waals surface area contributed by atoms with Crippen LogP contribution in [-0.4, -0.2) is 37.6 Å². The number of hydrogen-bond acceptors (Lipinski definition) is 2. The molecule has 2 aliphatic rings. The summed E-state index contributed by atoms with van der Waals surface area (Å²) in [6.45, 7) is 11.3. The zero-order valence-electron chi connectivity index (χ0n) is 11.8. The third-order valence-corrected chi connectivity index (χ3v) is 4.90. The molecule has 0 aromatic rings.